The monoisotopic (exact) mass is 424 g/mol. The van der Waals surface area contributed by atoms with Crippen molar-refractivity contribution in [2.45, 2.75) is 13.8 Å². The Bertz CT molecular complexity index is 991. The molecule has 0 heterocycles. The first-order valence-electron chi connectivity index (χ1n) is 9.13. The smallest absolute Gasteiger partial charge is 0.347 e. The van der Waals surface area contributed by atoms with E-state index in [-0.39, 0.29) is 34.0 Å². The minimum Gasteiger partial charge on any atom is -0.496 e. The number of carboxylic acid groups (broad SMARTS) is 1. The van der Waals surface area contributed by atoms with Crippen LogP contribution in [0.5, 0.6) is 5.75 Å². The van der Waals surface area contributed by atoms with Gasteiger partial charge in [0.15, 0.2) is 0 Å². The molecular weight excluding hydrogens is 400 g/mol. The van der Waals surface area contributed by atoms with E-state index in [0.717, 1.165) is 0 Å². The zero-order valence-electron chi connectivity index (χ0n) is 17.6. The molecule has 1 rings (SSSR count). The van der Waals surface area contributed by atoms with Gasteiger partial charge in [-0.3, -0.25) is 0 Å². The van der Waals surface area contributed by atoms with Crippen LogP contribution >= 0.6 is 0 Å². The molecule has 0 fully saturated rings. The number of hydrogen-bond acceptors (Lipinski definition) is 6. The van der Waals surface area contributed by atoms with E-state index in [1.807, 2.05) is 0 Å². The van der Waals surface area contributed by atoms with Crippen LogP contribution in [0.1, 0.15) is 24.2 Å². The number of rotatable bonds is 10. The van der Waals surface area contributed by atoms with Crippen molar-refractivity contribution in [3.63, 3.8) is 0 Å². The molecule has 0 aliphatic rings. The molecule has 162 valence electrons. The van der Waals surface area contributed by atoms with E-state index in [1.165, 1.54) is 68.7 Å². The molecule has 0 saturated heterocycles. The summed E-state index contributed by atoms with van der Waals surface area (Å²) < 4.78 is 15.8. The minimum atomic E-state index is -1.25. The van der Waals surface area contributed by atoms with E-state index in [9.17, 15) is 19.5 Å². The lowest BCUT2D eigenvalue weighted by atomic mass is 10.1. The third-order valence-corrected chi connectivity index (χ3v) is 3.82. The van der Waals surface area contributed by atoms with Crippen LogP contribution in [-0.2, 0) is 19.1 Å². The lowest BCUT2D eigenvalue weighted by Gasteiger charge is -2.14. The molecule has 0 aliphatic heterocycles. The van der Waals surface area contributed by atoms with Crippen LogP contribution < -0.4 is 4.74 Å². The van der Waals surface area contributed by atoms with E-state index in [0.29, 0.717) is 0 Å². The second-order valence-corrected chi connectivity index (χ2v) is 5.72. The average Bonchev–Trinajstić information content (AvgIpc) is 2.74. The van der Waals surface area contributed by atoms with Crippen molar-refractivity contribution in [2.75, 3.05) is 7.11 Å². The van der Waals surface area contributed by atoms with Crippen LogP contribution in [0, 0.1) is 0 Å². The molecule has 0 atom stereocenters. The van der Waals surface area contributed by atoms with Gasteiger partial charge in [-0.1, -0.05) is 43.5 Å². The maximum Gasteiger partial charge on any atom is 0.347 e. The summed E-state index contributed by atoms with van der Waals surface area (Å²) >= 11 is 0. The van der Waals surface area contributed by atoms with Crippen LogP contribution in [-0.4, -0.2) is 30.1 Å². The summed E-state index contributed by atoms with van der Waals surface area (Å²) in [5.41, 5.74) is -0.215. The van der Waals surface area contributed by atoms with Crippen molar-refractivity contribution >= 4 is 17.9 Å². The van der Waals surface area contributed by atoms with Gasteiger partial charge in [-0.25, -0.2) is 14.4 Å². The summed E-state index contributed by atoms with van der Waals surface area (Å²) in [6.07, 6.45) is 8.38. The van der Waals surface area contributed by atoms with Crippen LogP contribution in [0.25, 0.3) is 0 Å². The fraction of sp³-hybridized carbons (Fsp3) is 0.125. The van der Waals surface area contributed by atoms with Gasteiger partial charge < -0.3 is 19.3 Å². The summed E-state index contributed by atoms with van der Waals surface area (Å²) in [6.45, 7) is 10.3. The number of carbonyl (C=O) groups is 3. The molecule has 0 aromatic heterocycles. The number of methoxy groups -OCH3 is 1. The number of esters is 2. The quantitative estimate of drug-likeness (QED) is 0.194. The summed E-state index contributed by atoms with van der Waals surface area (Å²) in [5.74, 6) is -3.00. The highest BCUT2D eigenvalue weighted by atomic mass is 16.6. The fourth-order valence-corrected chi connectivity index (χ4v) is 2.44. The van der Waals surface area contributed by atoms with Crippen molar-refractivity contribution in [2.24, 2.45) is 0 Å². The van der Waals surface area contributed by atoms with E-state index in [2.05, 4.69) is 13.2 Å². The lowest BCUT2D eigenvalue weighted by molar-refractivity contribution is -0.135. The first-order chi connectivity index (χ1) is 14.8. The zero-order valence-corrected chi connectivity index (χ0v) is 17.6. The van der Waals surface area contributed by atoms with E-state index in [4.69, 9.17) is 14.2 Å². The number of allylic oxidation sites excluding steroid dienone is 6. The molecule has 1 N–H and O–H groups in total. The Morgan fingerprint density at radius 1 is 0.903 bits per heavy atom. The number of ether oxygens (including phenoxy) is 3. The molecule has 0 bridgehead atoms. The Balaban J connectivity index is 3.25. The molecule has 0 saturated carbocycles. The molecule has 0 unspecified atom stereocenters. The van der Waals surface area contributed by atoms with Crippen LogP contribution in [0.4, 0.5) is 0 Å². The molecule has 1 aromatic rings. The third-order valence-electron chi connectivity index (χ3n) is 3.82. The number of hydrogen-bond donors (Lipinski definition) is 1. The topological polar surface area (TPSA) is 99.1 Å². The molecule has 0 amide bonds. The molecular formula is C24H24O7. The highest BCUT2D eigenvalue weighted by Gasteiger charge is 2.24. The molecule has 0 spiro atoms. The zero-order chi connectivity index (χ0) is 23.4. The average molecular weight is 424 g/mol. The van der Waals surface area contributed by atoms with Gasteiger partial charge in [-0.15, -0.1) is 0 Å². The Labute approximate surface area is 180 Å². The number of aromatic carboxylic acids is 1. The first-order valence-corrected chi connectivity index (χ1v) is 9.13. The summed E-state index contributed by atoms with van der Waals surface area (Å²) in [6, 6.07) is 5.68. The Morgan fingerprint density at radius 2 is 1.55 bits per heavy atom. The van der Waals surface area contributed by atoms with Gasteiger partial charge in [0.1, 0.15) is 28.4 Å². The summed E-state index contributed by atoms with van der Waals surface area (Å²) in [7, 11) is 1.40. The van der Waals surface area contributed by atoms with Crippen LogP contribution in [0.3, 0.4) is 0 Å². The van der Waals surface area contributed by atoms with Crippen molar-refractivity contribution in [3.05, 3.63) is 102 Å². The highest BCUT2D eigenvalue weighted by Crippen LogP contribution is 2.23. The van der Waals surface area contributed by atoms with Crippen LogP contribution in [0.2, 0.25) is 0 Å². The maximum atomic E-state index is 12.7. The largest absolute Gasteiger partial charge is 0.496 e. The van der Waals surface area contributed by atoms with Gasteiger partial charge in [0.05, 0.1) is 12.7 Å². The number of carbonyl (C=O) groups excluding carboxylic acids is 2. The predicted octanol–water partition coefficient (Wildman–Crippen LogP) is 4.51. The van der Waals surface area contributed by atoms with Crippen LogP contribution in [0.15, 0.2) is 96.5 Å². The summed E-state index contributed by atoms with van der Waals surface area (Å²) in [5, 5.41) is 9.27. The molecule has 0 radical (unpaired) electrons. The van der Waals surface area contributed by atoms with E-state index >= 15 is 0 Å². The Kier molecular flexibility index (Phi) is 9.99. The van der Waals surface area contributed by atoms with E-state index in [1.54, 1.807) is 13.0 Å². The van der Waals surface area contributed by atoms with Crippen molar-refractivity contribution in [1.29, 1.82) is 0 Å². The van der Waals surface area contributed by atoms with E-state index < -0.39 is 17.9 Å². The molecule has 0 aliphatic carbocycles. The Morgan fingerprint density at radius 3 is 2.06 bits per heavy atom. The van der Waals surface area contributed by atoms with Gasteiger partial charge in [0.25, 0.3) is 0 Å². The van der Waals surface area contributed by atoms with Gasteiger partial charge in [-0.05, 0) is 44.2 Å². The fourth-order valence-electron chi connectivity index (χ4n) is 2.44. The first kappa shape index (κ1) is 24.9. The van der Waals surface area contributed by atoms with Gasteiger partial charge >= 0.3 is 17.9 Å². The third kappa shape index (κ3) is 6.71. The SMILES string of the molecule is C=C/C=C(OC(=O)C(=C/C=C)/C(=C\C)OC)\C(=C/C)C(=O)Oc1ccccc1C(=O)O. The molecule has 7 heteroatoms. The Hall–Kier alpha value is -4.13. The minimum absolute atomic E-state index is 0.0787. The second-order valence-electron chi connectivity index (χ2n) is 5.72. The molecule has 31 heavy (non-hydrogen) atoms. The van der Waals surface area contributed by atoms with Crippen molar-refractivity contribution in [3.8, 4) is 5.75 Å². The number of para-hydroxylation sites is 1. The number of benzene rings is 1. The molecule has 7 nitrogen and oxygen atoms in total. The number of carboxylic acids is 1. The van der Waals surface area contributed by atoms with Crippen molar-refractivity contribution in [1.82, 2.24) is 0 Å². The van der Waals surface area contributed by atoms with Crippen molar-refractivity contribution < 1.29 is 33.7 Å². The van der Waals surface area contributed by atoms with Gasteiger partial charge in [0.2, 0.25) is 0 Å². The predicted molar refractivity (Wildman–Crippen MR) is 116 cm³/mol. The summed E-state index contributed by atoms with van der Waals surface area (Å²) in [4.78, 5) is 36.8. The highest BCUT2D eigenvalue weighted by molar-refractivity contribution is 5.99. The second kappa shape index (κ2) is 12.4. The van der Waals surface area contributed by atoms with Gasteiger partial charge in [0, 0.05) is 0 Å². The van der Waals surface area contributed by atoms with Gasteiger partial charge in [-0.2, -0.15) is 0 Å². The standard InChI is InChI=1S/C24H24O7/c1-6-12-18(19(9-4)29-5)24(28)30-20(13-7-2)16(8-3)23(27)31-21-15-11-10-14-17(21)22(25)26/h6-15H,1-2H2,3-5H3,(H,25,26)/b16-8+,18-12+,19-9+,20-13+. The normalized spacial score (nSPS) is 12.6. The molecule has 1 aromatic carbocycles. The lowest BCUT2D eigenvalue weighted by Crippen LogP contribution is -2.19. The maximum absolute atomic E-state index is 12.7.